The fourth-order valence-corrected chi connectivity index (χ4v) is 4.19. The van der Waals surface area contributed by atoms with Crippen LogP contribution in [0.25, 0.3) is 22.3 Å². The van der Waals surface area contributed by atoms with Gasteiger partial charge in [0.2, 0.25) is 0 Å². The second-order valence-corrected chi connectivity index (χ2v) is 7.82. The van der Waals surface area contributed by atoms with Crippen LogP contribution in [0.5, 0.6) is 11.5 Å². The molecule has 0 heterocycles. The first-order chi connectivity index (χ1) is 16.7. The molecule has 0 amide bonds. The van der Waals surface area contributed by atoms with Crippen LogP contribution in [0.15, 0.2) is 60.7 Å². The lowest BCUT2D eigenvalue weighted by molar-refractivity contribution is 0.0233. The van der Waals surface area contributed by atoms with E-state index in [4.69, 9.17) is 28.4 Å². The van der Waals surface area contributed by atoms with Crippen LogP contribution in [0.4, 0.5) is 0 Å². The molecule has 34 heavy (non-hydrogen) atoms. The minimum absolute atomic E-state index is 0.335. The molecular formula is C28H34O6. The van der Waals surface area contributed by atoms with Gasteiger partial charge in [-0.15, -0.1) is 0 Å². The third-order valence-corrected chi connectivity index (χ3v) is 5.52. The minimum atomic E-state index is -0.335. The summed E-state index contributed by atoms with van der Waals surface area (Å²) in [6, 6.07) is 20.4. The molecule has 0 fully saturated rings. The fourth-order valence-electron chi connectivity index (χ4n) is 4.19. The van der Waals surface area contributed by atoms with Crippen molar-refractivity contribution in [3.63, 3.8) is 0 Å². The van der Waals surface area contributed by atoms with Gasteiger partial charge in [0.15, 0.2) is 11.5 Å². The standard InChI is InChI=1S/C28H34O6/c1-29-16-22(17-30-2)34-28-26(21-14-10-7-11-15-21)25(20-12-8-6-9-13-20)23(18-31-3)24(19-32-4)27(28)33-5/h6-15,22H,16-19H2,1-5H3. The van der Waals surface area contributed by atoms with Crippen LogP contribution >= 0.6 is 0 Å². The van der Waals surface area contributed by atoms with Gasteiger partial charge in [0.05, 0.1) is 33.5 Å². The first-order valence-electron chi connectivity index (χ1n) is 11.2. The monoisotopic (exact) mass is 466 g/mol. The lowest BCUT2D eigenvalue weighted by atomic mass is 9.86. The molecule has 0 aliphatic heterocycles. The first-order valence-corrected chi connectivity index (χ1v) is 11.2. The highest BCUT2D eigenvalue weighted by Crippen LogP contribution is 2.50. The molecule has 3 aromatic rings. The molecule has 182 valence electrons. The fraction of sp³-hybridized carbons (Fsp3) is 0.357. The summed E-state index contributed by atoms with van der Waals surface area (Å²) in [5.74, 6) is 1.24. The van der Waals surface area contributed by atoms with Gasteiger partial charge >= 0.3 is 0 Å². The number of ether oxygens (including phenoxy) is 6. The Morgan fingerprint density at radius 3 is 1.53 bits per heavy atom. The second kappa shape index (κ2) is 13.1. The predicted molar refractivity (Wildman–Crippen MR) is 133 cm³/mol. The molecule has 0 atom stereocenters. The third kappa shape index (κ3) is 5.77. The van der Waals surface area contributed by atoms with Crippen LogP contribution < -0.4 is 9.47 Å². The molecule has 3 rings (SSSR count). The van der Waals surface area contributed by atoms with Gasteiger partial charge in [0.25, 0.3) is 0 Å². The Hall–Kier alpha value is -2.90. The van der Waals surface area contributed by atoms with Gasteiger partial charge in [-0.3, -0.25) is 0 Å². The predicted octanol–water partition coefficient (Wildman–Crippen LogP) is 5.36. The molecule has 0 N–H and O–H groups in total. The lowest BCUT2D eigenvalue weighted by Crippen LogP contribution is -2.28. The van der Waals surface area contributed by atoms with E-state index in [0.29, 0.717) is 37.9 Å². The smallest absolute Gasteiger partial charge is 0.170 e. The molecule has 0 spiro atoms. The number of hydrogen-bond acceptors (Lipinski definition) is 6. The van der Waals surface area contributed by atoms with Crippen LogP contribution in [-0.4, -0.2) is 54.9 Å². The summed E-state index contributed by atoms with van der Waals surface area (Å²) < 4.78 is 34.7. The van der Waals surface area contributed by atoms with Crippen LogP contribution in [-0.2, 0) is 32.2 Å². The van der Waals surface area contributed by atoms with Gasteiger partial charge < -0.3 is 28.4 Å². The summed E-state index contributed by atoms with van der Waals surface area (Å²) in [6.45, 7) is 1.46. The van der Waals surface area contributed by atoms with E-state index >= 15 is 0 Å². The molecule has 0 aliphatic carbocycles. The average Bonchev–Trinajstić information content (AvgIpc) is 2.87. The Balaban J connectivity index is 2.45. The molecule has 0 aliphatic rings. The Morgan fingerprint density at radius 2 is 1.06 bits per heavy atom. The maximum Gasteiger partial charge on any atom is 0.170 e. The molecule has 0 unspecified atom stereocenters. The number of methoxy groups -OCH3 is 5. The van der Waals surface area contributed by atoms with Gasteiger partial charge in [0, 0.05) is 39.6 Å². The summed E-state index contributed by atoms with van der Waals surface area (Å²) in [5, 5.41) is 0. The maximum atomic E-state index is 6.61. The van der Waals surface area contributed by atoms with Crippen molar-refractivity contribution in [2.75, 3.05) is 48.8 Å². The van der Waals surface area contributed by atoms with Crippen molar-refractivity contribution in [3.05, 3.63) is 71.8 Å². The van der Waals surface area contributed by atoms with E-state index in [1.807, 2.05) is 36.4 Å². The van der Waals surface area contributed by atoms with Crippen molar-refractivity contribution in [1.82, 2.24) is 0 Å². The molecule has 6 heteroatoms. The van der Waals surface area contributed by atoms with E-state index in [1.165, 1.54) is 0 Å². The molecule has 0 aromatic heterocycles. The molecule has 6 nitrogen and oxygen atoms in total. The highest BCUT2D eigenvalue weighted by atomic mass is 16.6. The quantitative estimate of drug-likeness (QED) is 0.338. The van der Waals surface area contributed by atoms with Gasteiger partial charge in [0.1, 0.15) is 6.10 Å². The highest BCUT2D eigenvalue weighted by Gasteiger charge is 2.29. The largest absolute Gasteiger partial charge is 0.492 e. The summed E-state index contributed by atoms with van der Waals surface area (Å²) in [6.07, 6.45) is -0.335. The van der Waals surface area contributed by atoms with Gasteiger partial charge in [-0.1, -0.05) is 60.7 Å². The molecular weight excluding hydrogens is 432 g/mol. The van der Waals surface area contributed by atoms with Crippen LogP contribution in [0.2, 0.25) is 0 Å². The zero-order chi connectivity index (χ0) is 24.3. The molecule has 3 aromatic carbocycles. The number of benzene rings is 3. The van der Waals surface area contributed by atoms with Crippen LogP contribution in [0.1, 0.15) is 11.1 Å². The lowest BCUT2D eigenvalue weighted by Gasteiger charge is -2.28. The summed E-state index contributed by atoms with van der Waals surface area (Å²) >= 11 is 0. The first kappa shape index (κ1) is 25.7. The van der Waals surface area contributed by atoms with Gasteiger partial charge in [-0.25, -0.2) is 0 Å². The minimum Gasteiger partial charge on any atom is -0.492 e. The normalized spacial score (nSPS) is 11.1. The van der Waals surface area contributed by atoms with Crippen molar-refractivity contribution in [3.8, 4) is 33.8 Å². The molecule has 0 radical (unpaired) electrons. The Labute approximate surface area is 202 Å². The van der Waals surface area contributed by atoms with Gasteiger partial charge in [-0.05, 0) is 22.3 Å². The zero-order valence-electron chi connectivity index (χ0n) is 20.6. The van der Waals surface area contributed by atoms with Crippen molar-refractivity contribution in [2.45, 2.75) is 19.3 Å². The zero-order valence-corrected chi connectivity index (χ0v) is 20.6. The highest BCUT2D eigenvalue weighted by molar-refractivity contribution is 5.93. The van der Waals surface area contributed by atoms with E-state index in [0.717, 1.165) is 33.4 Å². The van der Waals surface area contributed by atoms with Crippen LogP contribution in [0, 0.1) is 0 Å². The van der Waals surface area contributed by atoms with Crippen molar-refractivity contribution in [1.29, 1.82) is 0 Å². The summed E-state index contributed by atoms with van der Waals surface area (Å²) in [5.41, 5.74) is 5.87. The number of rotatable bonds is 13. The molecule has 0 saturated heterocycles. The Morgan fingerprint density at radius 1 is 0.559 bits per heavy atom. The Bertz CT molecular complexity index is 1010. The Kier molecular flexibility index (Phi) is 9.91. The molecule has 0 bridgehead atoms. The third-order valence-electron chi connectivity index (χ3n) is 5.52. The SMILES string of the molecule is COCc1c(COC)c(-c2ccccc2)c(-c2ccccc2)c(OC(COC)COC)c1OC. The van der Waals surface area contributed by atoms with Crippen LogP contribution in [0.3, 0.4) is 0 Å². The van der Waals surface area contributed by atoms with Crippen molar-refractivity contribution in [2.24, 2.45) is 0 Å². The van der Waals surface area contributed by atoms with Gasteiger partial charge in [-0.2, -0.15) is 0 Å². The van der Waals surface area contributed by atoms with E-state index < -0.39 is 0 Å². The van der Waals surface area contributed by atoms with Crippen molar-refractivity contribution < 1.29 is 28.4 Å². The maximum absolute atomic E-state index is 6.61. The topological polar surface area (TPSA) is 55.4 Å². The summed E-state index contributed by atoms with van der Waals surface area (Å²) in [4.78, 5) is 0. The van der Waals surface area contributed by atoms with E-state index in [9.17, 15) is 0 Å². The van der Waals surface area contributed by atoms with E-state index in [2.05, 4.69) is 24.3 Å². The molecule has 0 saturated carbocycles. The van der Waals surface area contributed by atoms with Crippen molar-refractivity contribution >= 4 is 0 Å². The van der Waals surface area contributed by atoms with E-state index in [-0.39, 0.29) is 6.10 Å². The average molecular weight is 467 g/mol. The van der Waals surface area contributed by atoms with E-state index in [1.54, 1.807) is 35.5 Å². The summed E-state index contributed by atoms with van der Waals surface area (Å²) in [7, 11) is 8.31. The second-order valence-electron chi connectivity index (χ2n) is 7.82. The number of hydrogen-bond donors (Lipinski definition) is 0.